The van der Waals surface area contributed by atoms with Gasteiger partial charge in [0.15, 0.2) is 0 Å². The van der Waals surface area contributed by atoms with Crippen molar-refractivity contribution in [1.29, 1.82) is 0 Å². The molecule has 0 atom stereocenters. The number of aryl methyl sites for hydroxylation is 1. The van der Waals surface area contributed by atoms with Gasteiger partial charge in [-0.25, -0.2) is 4.79 Å². The van der Waals surface area contributed by atoms with Gasteiger partial charge in [-0.05, 0) is 49.3 Å². The molecule has 1 aromatic carbocycles. The van der Waals surface area contributed by atoms with Gasteiger partial charge in [0.05, 0.1) is 12.1 Å². The summed E-state index contributed by atoms with van der Waals surface area (Å²) in [6, 6.07) is 5.13. The highest BCUT2D eigenvalue weighted by Gasteiger charge is 2.24. The van der Waals surface area contributed by atoms with Gasteiger partial charge in [0, 0.05) is 11.5 Å². The largest absolute Gasteiger partial charge is 0.492 e. The van der Waals surface area contributed by atoms with Crippen molar-refractivity contribution in [3.05, 3.63) is 39.7 Å². The van der Waals surface area contributed by atoms with Crippen LogP contribution in [0.5, 0.6) is 5.75 Å². The summed E-state index contributed by atoms with van der Waals surface area (Å²) in [4.78, 5) is 26.4. The minimum atomic E-state index is -1.08. The molecule has 23 heavy (non-hydrogen) atoms. The number of carbonyl (C=O) groups is 1. The number of pyridine rings is 1. The Labute approximate surface area is 134 Å². The number of hydrogen-bond acceptors (Lipinski definition) is 3. The SMILES string of the molecule is CCCCc1cc(=O)[nH]c2c(C(=O)O)c(OCC3CC3)ccc12. The molecule has 5 heteroatoms. The zero-order chi connectivity index (χ0) is 16.4. The van der Waals surface area contributed by atoms with E-state index in [9.17, 15) is 14.7 Å². The van der Waals surface area contributed by atoms with E-state index in [1.54, 1.807) is 12.1 Å². The van der Waals surface area contributed by atoms with Crippen molar-refractivity contribution in [3.63, 3.8) is 0 Å². The van der Waals surface area contributed by atoms with Gasteiger partial charge < -0.3 is 14.8 Å². The van der Waals surface area contributed by atoms with E-state index in [0.29, 0.717) is 23.8 Å². The summed E-state index contributed by atoms with van der Waals surface area (Å²) in [5.41, 5.74) is 1.04. The number of benzene rings is 1. The van der Waals surface area contributed by atoms with E-state index in [1.165, 1.54) is 0 Å². The highest BCUT2D eigenvalue weighted by molar-refractivity contribution is 6.05. The Balaban J connectivity index is 2.10. The molecule has 1 aromatic heterocycles. The molecule has 0 saturated heterocycles. The molecule has 1 aliphatic carbocycles. The zero-order valence-electron chi connectivity index (χ0n) is 13.2. The van der Waals surface area contributed by atoms with Gasteiger partial charge in [0.25, 0.3) is 0 Å². The molecule has 2 N–H and O–H groups in total. The van der Waals surface area contributed by atoms with Crippen LogP contribution in [0.2, 0.25) is 0 Å². The predicted molar refractivity (Wildman–Crippen MR) is 88.4 cm³/mol. The van der Waals surface area contributed by atoms with Crippen molar-refractivity contribution in [2.24, 2.45) is 5.92 Å². The average Bonchev–Trinajstić information content (AvgIpc) is 3.33. The van der Waals surface area contributed by atoms with Gasteiger partial charge in [-0.3, -0.25) is 4.79 Å². The summed E-state index contributed by atoms with van der Waals surface area (Å²) < 4.78 is 5.69. The number of carboxylic acids is 1. The van der Waals surface area contributed by atoms with E-state index < -0.39 is 5.97 Å². The predicted octanol–water partition coefficient (Wildman–Crippen LogP) is 3.36. The summed E-state index contributed by atoms with van der Waals surface area (Å²) in [5.74, 6) is -0.216. The molecule has 122 valence electrons. The molecule has 0 radical (unpaired) electrons. The van der Waals surface area contributed by atoms with E-state index in [2.05, 4.69) is 11.9 Å². The van der Waals surface area contributed by atoms with Crippen LogP contribution in [0.15, 0.2) is 23.0 Å². The molecule has 1 saturated carbocycles. The number of carboxylic acid groups (broad SMARTS) is 1. The molecular formula is C18H21NO4. The fourth-order valence-electron chi connectivity index (χ4n) is 2.78. The second-order valence-corrected chi connectivity index (χ2v) is 6.18. The number of hydrogen-bond donors (Lipinski definition) is 2. The smallest absolute Gasteiger partial charge is 0.341 e. The van der Waals surface area contributed by atoms with E-state index in [-0.39, 0.29) is 11.1 Å². The summed E-state index contributed by atoms with van der Waals surface area (Å²) in [6.07, 6.45) is 5.00. The maximum atomic E-state index is 11.9. The Hall–Kier alpha value is -2.30. The van der Waals surface area contributed by atoms with Gasteiger partial charge in [-0.1, -0.05) is 13.3 Å². The van der Waals surface area contributed by atoms with E-state index in [0.717, 1.165) is 43.1 Å². The molecule has 5 nitrogen and oxygen atoms in total. The highest BCUT2D eigenvalue weighted by Crippen LogP contribution is 2.32. The van der Waals surface area contributed by atoms with Crippen molar-refractivity contribution in [3.8, 4) is 5.75 Å². The second kappa shape index (κ2) is 6.44. The van der Waals surface area contributed by atoms with Crippen LogP contribution >= 0.6 is 0 Å². The Morgan fingerprint density at radius 2 is 2.17 bits per heavy atom. The van der Waals surface area contributed by atoms with Crippen LogP contribution in [-0.2, 0) is 6.42 Å². The monoisotopic (exact) mass is 315 g/mol. The standard InChI is InChI=1S/C18H21NO4/c1-2-3-4-12-9-15(20)19-17-13(12)7-8-14(16(17)18(21)22)23-10-11-5-6-11/h7-9,11H,2-6,10H2,1H3,(H,19,20)(H,21,22). The number of unbranched alkanes of at least 4 members (excludes halogenated alkanes) is 1. The maximum absolute atomic E-state index is 11.9. The summed E-state index contributed by atoms with van der Waals surface area (Å²) >= 11 is 0. The van der Waals surface area contributed by atoms with Crippen LogP contribution in [0.4, 0.5) is 0 Å². The molecule has 0 unspecified atom stereocenters. The third-order valence-electron chi connectivity index (χ3n) is 4.25. The lowest BCUT2D eigenvalue weighted by atomic mass is 10.0. The highest BCUT2D eigenvalue weighted by atomic mass is 16.5. The van der Waals surface area contributed by atoms with Gasteiger partial charge >= 0.3 is 5.97 Å². The van der Waals surface area contributed by atoms with Crippen LogP contribution in [0.3, 0.4) is 0 Å². The molecule has 3 rings (SSSR count). The summed E-state index contributed by atoms with van der Waals surface area (Å²) in [7, 11) is 0. The first-order chi connectivity index (χ1) is 11.1. The molecule has 1 fully saturated rings. The Morgan fingerprint density at radius 3 is 2.83 bits per heavy atom. The third-order valence-corrected chi connectivity index (χ3v) is 4.25. The number of rotatable bonds is 7. The molecule has 0 bridgehead atoms. The molecule has 0 aliphatic heterocycles. The first kappa shape index (κ1) is 15.6. The van der Waals surface area contributed by atoms with Crippen LogP contribution in [0, 0.1) is 5.92 Å². The lowest BCUT2D eigenvalue weighted by molar-refractivity contribution is 0.0694. The minimum Gasteiger partial charge on any atom is -0.492 e. The number of aromatic carboxylic acids is 1. The fraction of sp³-hybridized carbons (Fsp3) is 0.444. The van der Waals surface area contributed by atoms with Crippen molar-refractivity contribution in [1.82, 2.24) is 4.98 Å². The first-order valence-electron chi connectivity index (χ1n) is 8.15. The van der Waals surface area contributed by atoms with E-state index >= 15 is 0 Å². The van der Waals surface area contributed by atoms with Crippen LogP contribution in [0.25, 0.3) is 10.9 Å². The molecule has 0 amide bonds. The third kappa shape index (κ3) is 3.38. The lowest BCUT2D eigenvalue weighted by Crippen LogP contribution is -2.12. The molecule has 1 aliphatic rings. The number of aromatic nitrogens is 1. The fourth-order valence-corrected chi connectivity index (χ4v) is 2.78. The normalized spacial score (nSPS) is 14.1. The van der Waals surface area contributed by atoms with Gasteiger partial charge in [-0.2, -0.15) is 0 Å². The number of nitrogens with one attached hydrogen (secondary N) is 1. The van der Waals surface area contributed by atoms with Gasteiger partial charge in [0.2, 0.25) is 5.56 Å². The van der Waals surface area contributed by atoms with Crippen LogP contribution in [0.1, 0.15) is 48.5 Å². The topological polar surface area (TPSA) is 79.4 Å². The molecule has 1 heterocycles. The summed E-state index contributed by atoms with van der Waals surface area (Å²) in [6.45, 7) is 2.62. The minimum absolute atomic E-state index is 0.0543. The maximum Gasteiger partial charge on any atom is 0.341 e. The summed E-state index contributed by atoms with van der Waals surface area (Å²) in [5, 5.41) is 10.4. The van der Waals surface area contributed by atoms with Crippen LogP contribution < -0.4 is 10.3 Å². The molecule has 2 aromatic rings. The molecule has 0 spiro atoms. The molecular weight excluding hydrogens is 294 g/mol. The number of aromatic amines is 1. The first-order valence-corrected chi connectivity index (χ1v) is 8.15. The number of fused-ring (bicyclic) bond motifs is 1. The van der Waals surface area contributed by atoms with E-state index in [1.807, 2.05) is 6.07 Å². The Morgan fingerprint density at radius 1 is 1.39 bits per heavy atom. The number of H-pyrrole nitrogens is 1. The average molecular weight is 315 g/mol. The van der Waals surface area contributed by atoms with Crippen molar-refractivity contribution in [2.75, 3.05) is 6.61 Å². The van der Waals surface area contributed by atoms with Gasteiger partial charge in [0.1, 0.15) is 11.3 Å². The Bertz CT molecular complexity index is 789. The lowest BCUT2D eigenvalue weighted by Gasteiger charge is -2.13. The van der Waals surface area contributed by atoms with Crippen molar-refractivity contribution >= 4 is 16.9 Å². The second-order valence-electron chi connectivity index (χ2n) is 6.18. The van der Waals surface area contributed by atoms with Gasteiger partial charge in [-0.15, -0.1) is 0 Å². The van der Waals surface area contributed by atoms with E-state index in [4.69, 9.17) is 4.74 Å². The zero-order valence-corrected chi connectivity index (χ0v) is 13.2. The number of ether oxygens (including phenoxy) is 1. The van der Waals surface area contributed by atoms with Crippen molar-refractivity contribution < 1.29 is 14.6 Å². The van der Waals surface area contributed by atoms with Crippen LogP contribution in [-0.4, -0.2) is 22.7 Å². The Kier molecular flexibility index (Phi) is 4.37. The quantitative estimate of drug-likeness (QED) is 0.821. The van der Waals surface area contributed by atoms with Crippen molar-refractivity contribution in [2.45, 2.75) is 39.0 Å².